The van der Waals surface area contributed by atoms with Crippen molar-refractivity contribution in [2.75, 3.05) is 32.8 Å². The zero-order chi connectivity index (χ0) is 10.0. The summed E-state index contributed by atoms with van der Waals surface area (Å²) in [4.78, 5) is 2.52. The first-order valence-electron chi connectivity index (χ1n) is 5.90. The highest BCUT2D eigenvalue weighted by atomic mass is 16.3. The zero-order valence-electron chi connectivity index (χ0n) is 9.13. The van der Waals surface area contributed by atoms with E-state index in [4.69, 9.17) is 0 Å². The Bertz CT molecular complexity index is 182. The average Bonchev–Trinajstić information content (AvgIpc) is 3.07. The van der Waals surface area contributed by atoms with Crippen LogP contribution in [0.2, 0.25) is 0 Å². The molecule has 1 aliphatic heterocycles. The number of piperazine rings is 1. The lowest BCUT2D eigenvalue weighted by Gasteiger charge is -2.45. The Balaban J connectivity index is 2.06. The number of nitrogens with one attached hydrogen (secondary N) is 1. The van der Waals surface area contributed by atoms with Gasteiger partial charge in [-0.05, 0) is 25.2 Å². The van der Waals surface area contributed by atoms with Gasteiger partial charge >= 0.3 is 0 Å². The molecule has 1 heterocycles. The lowest BCUT2D eigenvalue weighted by Crippen LogP contribution is -2.59. The Morgan fingerprint density at radius 3 is 2.43 bits per heavy atom. The quantitative estimate of drug-likeness (QED) is 0.688. The fourth-order valence-electron chi connectivity index (χ4n) is 2.84. The molecule has 0 spiro atoms. The molecule has 14 heavy (non-hydrogen) atoms. The highest BCUT2D eigenvalue weighted by molar-refractivity contribution is 5.02. The average molecular weight is 198 g/mol. The second kappa shape index (κ2) is 4.17. The summed E-state index contributed by atoms with van der Waals surface area (Å²) in [6.07, 6.45) is 3.73. The van der Waals surface area contributed by atoms with E-state index in [0.29, 0.717) is 6.61 Å². The Morgan fingerprint density at radius 2 is 2.00 bits per heavy atom. The molecular formula is C11H22N2O. The van der Waals surface area contributed by atoms with E-state index < -0.39 is 0 Å². The third-order valence-electron chi connectivity index (χ3n) is 3.97. The molecule has 1 aliphatic carbocycles. The van der Waals surface area contributed by atoms with Gasteiger partial charge < -0.3 is 10.4 Å². The van der Waals surface area contributed by atoms with Crippen LogP contribution in [0.5, 0.6) is 0 Å². The van der Waals surface area contributed by atoms with Gasteiger partial charge in [-0.15, -0.1) is 0 Å². The van der Waals surface area contributed by atoms with Crippen molar-refractivity contribution in [2.45, 2.75) is 31.7 Å². The van der Waals surface area contributed by atoms with Gasteiger partial charge in [-0.3, -0.25) is 4.90 Å². The van der Waals surface area contributed by atoms with E-state index in [1.165, 1.54) is 12.8 Å². The minimum absolute atomic E-state index is 0.113. The van der Waals surface area contributed by atoms with Crippen molar-refractivity contribution in [2.24, 2.45) is 5.92 Å². The molecule has 0 bridgehead atoms. The van der Waals surface area contributed by atoms with Gasteiger partial charge in [0.15, 0.2) is 0 Å². The van der Waals surface area contributed by atoms with Gasteiger partial charge in [-0.1, -0.05) is 6.92 Å². The standard InChI is InChI=1S/C11H22N2O/c1-2-11(9-14,10-3-4-10)13-7-5-12-6-8-13/h10,12,14H,2-9H2,1H3. The van der Waals surface area contributed by atoms with E-state index in [1.807, 2.05) is 0 Å². The number of hydrogen-bond donors (Lipinski definition) is 2. The van der Waals surface area contributed by atoms with E-state index in [0.717, 1.165) is 38.5 Å². The maximum Gasteiger partial charge on any atom is 0.0618 e. The van der Waals surface area contributed by atoms with Crippen LogP contribution >= 0.6 is 0 Å². The number of rotatable bonds is 4. The minimum Gasteiger partial charge on any atom is -0.394 e. The summed E-state index contributed by atoms with van der Waals surface area (Å²) in [6, 6.07) is 0. The van der Waals surface area contributed by atoms with Crippen LogP contribution in [-0.2, 0) is 0 Å². The molecule has 3 heteroatoms. The zero-order valence-corrected chi connectivity index (χ0v) is 9.13. The van der Waals surface area contributed by atoms with E-state index in [1.54, 1.807) is 0 Å². The predicted molar refractivity (Wildman–Crippen MR) is 57.3 cm³/mol. The summed E-state index contributed by atoms with van der Waals surface area (Å²) < 4.78 is 0. The monoisotopic (exact) mass is 198 g/mol. The predicted octanol–water partition coefficient (Wildman–Crippen LogP) is 0.443. The molecule has 1 unspecified atom stereocenters. The molecule has 2 fully saturated rings. The maximum absolute atomic E-state index is 9.68. The Labute approximate surface area is 86.5 Å². The number of aliphatic hydroxyl groups is 1. The molecule has 1 atom stereocenters. The topological polar surface area (TPSA) is 35.5 Å². The first-order valence-corrected chi connectivity index (χ1v) is 5.90. The smallest absolute Gasteiger partial charge is 0.0618 e. The van der Waals surface area contributed by atoms with E-state index in [9.17, 15) is 5.11 Å². The molecule has 0 radical (unpaired) electrons. The molecule has 1 saturated heterocycles. The van der Waals surface area contributed by atoms with Crippen molar-refractivity contribution in [1.29, 1.82) is 0 Å². The molecule has 82 valence electrons. The van der Waals surface area contributed by atoms with Crippen LogP contribution < -0.4 is 5.32 Å². The normalized spacial score (nSPS) is 28.7. The lowest BCUT2D eigenvalue weighted by atomic mass is 9.88. The third kappa shape index (κ3) is 1.69. The van der Waals surface area contributed by atoms with Crippen molar-refractivity contribution in [1.82, 2.24) is 10.2 Å². The molecule has 1 saturated carbocycles. The van der Waals surface area contributed by atoms with Crippen molar-refractivity contribution >= 4 is 0 Å². The van der Waals surface area contributed by atoms with E-state index >= 15 is 0 Å². The molecule has 3 nitrogen and oxygen atoms in total. The van der Waals surface area contributed by atoms with Crippen LogP contribution in [0.15, 0.2) is 0 Å². The second-order valence-electron chi connectivity index (χ2n) is 4.63. The molecular weight excluding hydrogens is 176 g/mol. The number of hydrogen-bond acceptors (Lipinski definition) is 3. The molecule has 2 rings (SSSR count). The fraction of sp³-hybridized carbons (Fsp3) is 1.00. The van der Waals surface area contributed by atoms with Gasteiger partial charge in [-0.25, -0.2) is 0 Å². The Hall–Kier alpha value is -0.120. The van der Waals surface area contributed by atoms with Crippen LogP contribution in [0.3, 0.4) is 0 Å². The second-order valence-corrected chi connectivity index (χ2v) is 4.63. The van der Waals surface area contributed by atoms with Crippen molar-refractivity contribution in [3.63, 3.8) is 0 Å². The summed E-state index contributed by atoms with van der Waals surface area (Å²) in [6.45, 7) is 6.92. The fourth-order valence-corrected chi connectivity index (χ4v) is 2.84. The van der Waals surface area contributed by atoms with Crippen molar-refractivity contribution in [3.8, 4) is 0 Å². The van der Waals surface area contributed by atoms with Gasteiger partial charge in [0.1, 0.15) is 0 Å². The minimum atomic E-state index is 0.113. The summed E-state index contributed by atoms with van der Waals surface area (Å²) in [5.41, 5.74) is 0.113. The Morgan fingerprint density at radius 1 is 1.36 bits per heavy atom. The summed E-state index contributed by atoms with van der Waals surface area (Å²) in [7, 11) is 0. The lowest BCUT2D eigenvalue weighted by molar-refractivity contribution is 0.000525. The molecule has 2 aliphatic rings. The summed E-state index contributed by atoms with van der Waals surface area (Å²) in [5.74, 6) is 0.760. The third-order valence-corrected chi connectivity index (χ3v) is 3.97. The van der Waals surface area contributed by atoms with Gasteiger partial charge in [0.05, 0.1) is 6.61 Å². The molecule has 0 aromatic heterocycles. The maximum atomic E-state index is 9.68. The molecule has 0 aromatic rings. The highest BCUT2D eigenvalue weighted by Crippen LogP contribution is 2.44. The van der Waals surface area contributed by atoms with Gasteiger partial charge in [0.2, 0.25) is 0 Å². The van der Waals surface area contributed by atoms with E-state index in [2.05, 4.69) is 17.1 Å². The Kier molecular flexibility index (Phi) is 3.10. The van der Waals surface area contributed by atoms with Crippen LogP contribution in [0.4, 0.5) is 0 Å². The van der Waals surface area contributed by atoms with Crippen LogP contribution in [0, 0.1) is 5.92 Å². The highest BCUT2D eigenvalue weighted by Gasteiger charge is 2.47. The SMILES string of the molecule is CCC(CO)(C1CC1)N1CCNCC1. The molecule has 0 aromatic carbocycles. The van der Waals surface area contributed by atoms with Crippen LogP contribution in [0.1, 0.15) is 26.2 Å². The number of aliphatic hydroxyl groups excluding tert-OH is 1. The first kappa shape index (κ1) is 10.4. The first-order chi connectivity index (χ1) is 6.83. The summed E-state index contributed by atoms with van der Waals surface area (Å²) in [5, 5.41) is 13.0. The number of nitrogens with zero attached hydrogens (tertiary/aromatic N) is 1. The van der Waals surface area contributed by atoms with E-state index in [-0.39, 0.29) is 5.54 Å². The van der Waals surface area contributed by atoms with Crippen molar-refractivity contribution in [3.05, 3.63) is 0 Å². The van der Waals surface area contributed by atoms with Gasteiger partial charge in [0, 0.05) is 31.7 Å². The van der Waals surface area contributed by atoms with Crippen LogP contribution in [-0.4, -0.2) is 48.3 Å². The van der Waals surface area contributed by atoms with Crippen molar-refractivity contribution < 1.29 is 5.11 Å². The molecule has 2 N–H and O–H groups in total. The van der Waals surface area contributed by atoms with Gasteiger partial charge in [0.25, 0.3) is 0 Å². The van der Waals surface area contributed by atoms with Gasteiger partial charge in [-0.2, -0.15) is 0 Å². The molecule has 0 amide bonds. The largest absolute Gasteiger partial charge is 0.394 e. The van der Waals surface area contributed by atoms with Crippen LogP contribution in [0.25, 0.3) is 0 Å². The summed E-state index contributed by atoms with van der Waals surface area (Å²) >= 11 is 0.